The lowest BCUT2D eigenvalue weighted by Gasteiger charge is -2.09. The summed E-state index contributed by atoms with van der Waals surface area (Å²) in [6.07, 6.45) is -3.74. The van der Waals surface area contributed by atoms with Gasteiger partial charge in [0.25, 0.3) is 5.69 Å². The molecule has 0 spiro atoms. The standard InChI is InChI=1S/C13H11ClF3N3O2/c14-7-1-2-9-8-12(13(15,16)17)19(18-9)10-3-5-11(6-4-10)20(21)22/h3-6,8H,1-2,7H2. The fourth-order valence-corrected chi connectivity index (χ4v) is 2.05. The van der Waals surface area contributed by atoms with Crippen LogP contribution in [0.4, 0.5) is 18.9 Å². The molecule has 0 aliphatic heterocycles. The predicted molar refractivity (Wildman–Crippen MR) is 74.3 cm³/mol. The highest BCUT2D eigenvalue weighted by Crippen LogP contribution is 2.32. The van der Waals surface area contributed by atoms with Crippen molar-refractivity contribution in [3.63, 3.8) is 0 Å². The van der Waals surface area contributed by atoms with E-state index >= 15 is 0 Å². The maximum absolute atomic E-state index is 13.1. The number of hydrogen-bond donors (Lipinski definition) is 0. The first-order valence-electron chi connectivity index (χ1n) is 6.30. The molecule has 0 atom stereocenters. The van der Waals surface area contributed by atoms with Gasteiger partial charge in [0.2, 0.25) is 0 Å². The largest absolute Gasteiger partial charge is 0.433 e. The van der Waals surface area contributed by atoms with Crippen molar-refractivity contribution >= 4 is 17.3 Å². The van der Waals surface area contributed by atoms with Gasteiger partial charge in [-0.25, -0.2) is 4.68 Å². The van der Waals surface area contributed by atoms with Crippen molar-refractivity contribution in [2.24, 2.45) is 0 Å². The van der Waals surface area contributed by atoms with Gasteiger partial charge in [0, 0.05) is 18.0 Å². The predicted octanol–water partition coefficient (Wildman–Crippen LogP) is 3.97. The van der Waals surface area contributed by atoms with Crippen LogP contribution in [-0.4, -0.2) is 20.6 Å². The van der Waals surface area contributed by atoms with Gasteiger partial charge < -0.3 is 0 Å². The molecule has 0 aliphatic carbocycles. The summed E-state index contributed by atoms with van der Waals surface area (Å²) in [6, 6.07) is 5.69. The molecule has 118 valence electrons. The highest BCUT2D eigenvalue weighted by Gasteiger charge is 2.36. The first kappa shape index (κ1) is 16.3. The van der Waals surface area contributed by atoms with E-state index in [9.17, 15) is 23.3 Å². The number of aryl methyl sites for hydroxylation is 1. The number of alkyl halides is 4. The van der Waals surface area contributed by atoms with E-state index in [2.05, 4.69) is 5.10 Å². The van der Waals surface area contributed by atoms with E-state index in [4.69, 9.17) is 11.6 Å². The summed E-state index contributed by atoms with van der Waals surface area (Å²) in [5.74, 6) is 0.325. The van der Waals surface area contributed by atoms with Crippen LogP contribution in [0.5, 0.6) is 0 Å². The van der Waals surface area contributed by atoms with Crippen molar-refractivity contribution in [3.8, 4) is 5.69 Å². The zero-order chi connectivity index (χ0) is 16.3. The van der Waals surface area contributed by atoms with Gasteiger partial charge in [-0.1, -0.05) is 0 Å². The lowest BCUT2D eigenvalue weighted by Crippen LogP contribution is -2.13. The molecule has 0 amide bonds. The molecular formula is C13H11ClF3N3O2. The third-order valence-electron chi connectivity index (χ3n) is 2.92. The number of aromatic nitrogens is 2. The Kier molecular flexibility index (Phi) is 4.70. The summed E-state index contributed by atoms with van der Waals surface area (Å²) in [5, 5.41) is 14.5. The number of nitrogens with zero attached hydrogens (tertiary/aromatic N) is 3. The molecule has 0 aliphatic rings. The summed E-state index contributed by atoms with van der Waals surface area (Å²) in [5.41, 5.74) is -0.751. The molecule has 2 aromatic rings. The van der Waals surface area contributed by atoms with E-state index in [1.807, 2.05) is 0 Å². The van der Waals surface area contributed by atoms with Gasteiger partial charge in [-0.3, -0.25) is 10.1 Å². The van der Waals surface area contributed by atoms with Gasteiger partial charge in [-0.05, 0) is 31.0 Å². The molecule has 2 rings (SSSR count). The topological polar surface area (TPSA) is 61.0 Å². The Labute approximate surface area is 128 Å². The molecule has 9 heteroatoms. The second-order valence-electron chi connectivity index (χ2n) is 4.50. The average molecular weight is 334 g/mol. The van der Waals surface area contributed by atoms with Gasteiger partial charge in [-0.15, -0.1) is 11.6 Å². The van der Waals surface area contributed by atoms with Crippen molar-refractivity contribution in [1.82, 2.24) is 9.78 Å². The SMILES string of the molecule is O=[N+]([O-])c1ccc(-n2nc(CCCCl)cc2C(F)(F)F)cc1. The molecule has 0 fully saturated rings. The van der Waals surface area contributed by atoms with Crippen LogP contribution in [0.15, 0.2) is 30.3 Å². The van der Waals surface area contributed by atoms with Crippen LogP contribution in [-0.2, 0) is 12.6 Å². The molecular weight excluding hydrogens is 323 g/mol. The van der Waals surface area contributed by atoms with E-state index in [0.29, 0.717) is 18.7 Å². The molecule has 1 aromatic heterocycles. The van der Waals surface area contributed by atoms with E-state index in [1.165, 1.54) is 12.1 Å². The Balaban J connectivity index is 2.43. The van der Waals surface area contributed by atoms with Crippen LogP contribution in [0.3, 0.4) is 0 Å². The minimum absolute atomic E-state index is 0.107. The molecule has 0 N–H and O–H groups in total. The van der Waals surface area contributed by atoms with E-state index in [0.717, 1.165) is 22.9 Å². The maximum Gasteiger partial charge on any atom is 0.433 e. The summed E-state index contributed by atoms with van der Waals surface area (Å²) < 4.78 is 40.0. The van der Waals surface area contributed by atoms with Crippen LogP contribution in [0.25, 0.3) is 5.69 Å². The monoisotopic (exact) mass is 333 g/mol. The first-order valence-corrected chi connectivity index (χ1v) is 6.83. The molecule has 0 bridgehead atoms. The smallest absolute Gasteiger partial charge is 0.258 e. The number of nitro benzene ring substituents is 1. The number of hydrogen-bond acceptors (Lipinski definition) is 3. The lowest BCUT2D eigenvalue weighted by atomic mass is 10.2. The van der Waals surface area contributed by atoms with Crippen LogP contribution >= 0.6 is 11.6 Å². The van der Waals surface area contributed by atoms with Crippen molar-refractivity contribution in [2.75, 3.05) is 5.88 Å². The van der Waals surface area contributed by atoms with Crippen LogP contribution in [0.2, 0.25) is 0 Å². The highest BCUT2D eigenvalue weighted by atomic mass is 35.5. The average Bonchev–Trinajstić information content (AvgIpc) is 2.89. The third kappa shape index (κ3) is 3.56. The van der Waals surface area contributed by atoms with Gasteiger partial charge >= 0.3 is 6.18 Å². The quantitative estimate of drug-likeness (QED) is 0.472. The summed E-state index contributed by atoms with van der Waals surface area (Å²) >= 11 is 5.53. The molecule has 0 radical (unpaired) electrons. The van der Waals surface area contributed by atoms with Gasteiger partial charge in [0.1, 0.15) is 5.69 Å². The van der Waals surface area contributed by atoms with Crippen LogP contribution in [0, 0.1) is 10.1 Å². The molecule has 22 heavy (non-hydrogen) atoms. The van der Waals surface area contributed by atoms with Crippen molar-refractivity contribution < 1.29 is 18.1 Å². The maximum atomic E-state index is 13.1. The molecule has 1 heterocycles. The van der Waals surface area contributed by atoms with Crippen LogP contribution < -0.4 is 0 Å². The number of non-ortho nitro benzene ring substituents is 1. The van der Waals surface area contributed by atoms with Crippen LogP contribution in [0.1, 0.15) is 17.8 Å². The van der Waals surface area contributed by atoms with E-state index < -0.39 is 16.8 Å². The van der Waals surface area contributed by atoms with E-state index in [-0.39, 0.29) is 17.1 Å². The fourth-order valence-electron chi connectivity index (χ4n) is 1.91. The Hall–Kier alpha value is -2.09. The molecule has 0 saturated heterocycles. The first-order chi connectivity index (χ1) is 10.3. The zero-order valence-electron chi connectivity index (χ0n) is 11.2. The Morgan fingerprint density at radius 2 is 1.91 bits per heavy atom. The fraction of sp³-hybridized carbons (Fsp3) is 0.308. The minimum Gasteiger partial charge on any atom is -0.258 e. The van der Waals surface area contributed by atoms with Crippen molar-refractivity contribution in [3.05, 3.63) is 51.8 Å². The van der Waals surface area contributed by atoms with Crippen molar-refractivity contribution in [1.29, 1.82) is 0 Å². The van der Waals surface area contributed by atoms with Gasteiger partial charge in [0.05, 0.1) is 16.3 Å². The number of benzene rings is 1. The summed E-state index contributed by atoms with van der Waals surface area (Å²) in [6.45, 7) is 0. The van der Waals surface area contributed by atoms with Gasteiger partial charge in [-0.2, -0.15) is 18.3 Å². The van der Waals surface area contributed by atoms with Crippen molar-refractivity contribution in [2.45, 2.75) is 19.0 Å². The highest BCUT2D eigenvalue weighted by molar-refractivity contribution is 6.17. The van der Waals surface area contributed by atoms with Gasteiger partial charge in [0.15, 0.2) is 0 Å². The number of rotatable bonds is 5. The Bertz CT molecular complexity index is 668. The summed E-state index contributed by atoms with van der Waals surface area (Å²) in [7, 11) is 0. The third-order valence-corrected chi connectivity index (χ3v) is 3.19. The molecule has 1 aromatic carbocycles. The normalized spacial score (nSPS) is 11.6. The Morgan fingerprint density at radius 1 is 1.27 bits per heavy atom. The number of halogens is 4. The second-order valence-corrected chi connectivity index (χ2v) is 4.87. The molecule has 0 unspecified atom stereocenters. The second kappa shape index (κ2) is 6.35. The molecule has 5 nitrogen and oxygen atoms in total. The minimum atomic E-state index is -4.58. The lowest BCUT2D eigenvalue weighted by molar-refractivity contribution is -0.384. The summed E-state index contributed by atoms with van der Waals surface area (Å²) in [4.78, 5) is 9.97. The number of nitro groups is 1. The zero-order valence-corrected chi connectivity index (χ0v) is 11.9. The van der Waals surface area contributed by atoms with E-state index in [1.54, 1.807) is 0 Å². The Morgan fingerprint density at radius 3 is 2.41 bits per heavy atom. The molecule has 0 saturated carbocycles.